The molecule has 7 heteroatoms. The van der Waals surface area contributed by atoms with Crippen LogP contribution in [0.2, 0.25) is 0 Å². The summed E-state index contributed by atoms with van der Waals surface area (Å²) in [5.41, 5.74) is 3.30. The first-order valence-electron chi connectivity index (χ1n) is 12.1. The number of carbonyl (C=O) groups excluding carboxylic acids is 2. The highest BCUT2D eigenvalue weighted by atomic mass is 32.1. The summed E-state index contributed by atoms with van der Waals surface area (Å²) in [6.45, 7) is 2.26. The minimum atomic E-state index is -0.454. The second kappa shape index (κ2) is 8.99. The van der Waals surface area contributed by atoms with Gasteiger partial charge in [-0.25, -0.2) is 4.79 Å². The molecule has 1 aliphatic carbocycles. The summed E-state index contributed by atoms with van der Waals surface area (Å²) in [7, 11) is 1.54. The van der Waals surface area contributed by atoms with E-state index in [0.717, 1.165) is 46.2 Å². The Morgan fingerprint density at radius 2 is 1.86 bits per heavy atom. The van der Waals surface area contributed by atoms with Gasteiger partial charge in [0.2, 0.25) is 0 Å². The molecule has 0 saturated heterocycles. The van der Waals surface area contributed by atoms with Crippen LogP contribution in [0.1, 0.15) is 56.2 Å². The van der Waals surface area contributed by atoms with E-state index in [-0.39, 0.29) is 5.91 Å². The van der Waals surface area contributed by atoms with Crippen molar-refractivity contribution in [1.82, 2.24) is 5.32 Å². The summed E-state index contributed by atoms with van der Waals surface area (Å²) in [6, 6.07) is 18.6. The second-order valence-corrected chi connectivity index (χ2v) is 10.5. The van der Waals surface area contributed by atoms with Crippen LogP contribution in [0, 0.1) is 5.92 Å². The molecular weight excluding hydrogens is 472 g/mol. The number of nitrogens with one attached hydrogen (secondary N) is 2. The summed E-state index contributed by atoms with van der Waals surface area (Å²) in [5, 5.41) is 9.31. The van der Waals surface area contributed by atoms with E-state index < -0.39 is 12.1 Å². The Morgan fingerprint density at radius 3 is 2.72 bits per heavy atom. The molecule has 0 saturated carbocycles. The van der Waals surface area contributed by atoms with E-state index >= 15 is 0 Å². The third kappa shape index (κ3) is 3.89. The predicted molar refractivity (Wildman–Crippen MR) is 141 cm³/mol. The van der Waals surface area contributed by atoms with Crippen LogP contribution >= 0.6 is 11.3 Å². The van der Waals surface area contributed by atoms with Crippen molar-refractivity contribution in [1.29, 1.82) is 0 Å². The fourth-order valence-corrected chi connectivity index (χ4v) is 6.57. The average molecular weight is 499 g/mol. The van der Waals surface area contributed by atoms with E-state index in [2.05, 4.69) is 17.6 Å². The molecule has 0 unspecified atom stereocenters. The summed E-state index contributed by atoms with van der Waals surface area (Å²) in [5.74, 6) is 0.880. The van der Waals surface area contributed by atoms with Crippen molar-refractivity contribution in [3.63, 3.8) is 0 Å². The third-order valence-corrected chi connectivity index (χ3v) is 8.21. The summed E-state index contributed by atoms with van der Waals surface area (Å²) < 4.78 is 11.3. The fraction of sp³-hybridized carbons (Fsp3) is 0.241. The van der Waals surface area contributed by atoms with Crippen molar-refractivity contribution in [2.45, 2.75) is 32.4 Å². The monoisotopic (exact) mass is 498 g/mol. The van der Waals surface area contributed by atoms with Crippen molar-refractivity contribution in [2.24, 2.45) is 5.92 Å². The predicted octanol–water partition coefficient (Wildman–Crippen LogP) is 6.11. The molecule has 36 heavy (non-hydrogen) atoms. The van der Waals surface area contributed by atoms with E-state index in [1.165, 1.54) is 17.6 Å². The number of thiophene rings is 1. The van der Waals surface area contributed by atoms with Gasteiger partial charge in [0.25, 0.3) is 5.91 Å². The molecule has 2 N–H and O–H groups in total. The number of carbonyl (C=O) groups is 2. The average Bonchev–Trinajstić information content (AvgIpc) is 3.26. The molecule has 6 rings (SSSR count). The van der Waals surface area contributed by atoms with E-state index in [4.69, 9.17) is 9.47 Å². The molecule has 182 valence electrons. The number of esters is 1. The largest absolute Gasteiger partial charge is 0.493 e. The van der Waals surface area contributed by atoms with Crippen LogP contribution in [0.5, 0.6) is 11.5 Å². The topological polar surface area (TPSA) is 76.7 Å². The summed E-state index contributed by atoms with van der Waals surface area (Å²) in [4.78, 5) is 27.4. The van der Waals surface area contributed by atoms with Gasteiger partial charge in [0.15, 0.2) is 11.5 Å². The van der Waals surface area contributed by atoms with Gasteiger partial charge in [0.05, 0.1) is 18.2 Å². The van der Waals surface area contributed by atoms with Crippen molar-refractivity contribution >= 4 is 39.0 Å². The van der Waals surface area contributed by atoms with Crippen LogP contribution in [-0.4, -0.2) is 19.0 Å². The van der Waals surface area contributed by atoms with Crippen molar-refractivity contribution in [3.8, 4) is 11.5 Å². The number of rotatable bonds is 4. The van der Waals surface area contributed by atoms with Crippen LogP contribution in [-0.2, 0) is 12.8 Å². The minimum Gasteiger partial charge on any atom is -0.493 e. The quantitative estimate of drug-likeness (QED) is 0.262. The zero-order chi connectivity index (χ0) is 24.8. The van der Waals surface area contributed by atoms with Crippen molar-refractivity contribution in [3.05, 3.63) is 87.8 Å². The number of methoxy groups -OCH3 is 1. The Balaban J connectivity index is 1.26. The number of hydrogen-bond acceptors (Lipinski definition) is 6. The molecule has 1 aromatic heterocycles. The molecular formula is C29H26N2O4S. The number of ether oxygens (including phenoxy) is 2. The molecule has 6 nitrogen and oxygen atoms in total. The van der Waals surface area contributed by atoms with Gasteiger partial charge in [0, 0.05) is 4.88 Å². The van der Waals surface area contributed by atoms with Gasteiger partial charge in [-0.1, -0.05) is 49.4 Å². The Labute approximate surface area is 213 Å². The van der Waals surface area contributed by atoms with Gasteiger partial charge in [0.1, 0.15) is 11.2 Å². The lowest BCUT2D eigenvalue weighted by molar-refractivity contribution is 0.0731. The minimum absolute atomic E-state index is 0.0498. The molecule has 1 amide bonds. The Morgan fingerprint density at radius 1 is 1.03 bits per heavy atom. The molecule has 2 aliphatic rings. The maximum absolute atomic E-state index is 13.1. The first-order chi connectivity index (χ1) is 17.5. The van der Waals surface area contributed by atoms with Gasteiger partial charge in [-0.2, -0.15) is 0 Å². The molecule has 1 aliphatic heterocycles. The van der Waals surface area contributed by atoms with Crippen LogP contribution in [0.25, 0.3) is 10.8 Å². The van der Waals surface area contributed by atoms with E-state index in [1.54, 1.807) is 29.5 Å². The van der Waals surface area contributed by atoms with Crippen LogP contribution in [0.4, 0.5) is 5.00 Å². The maximum atomic E-state index is 13.1. The zero-order valence-electron chi connectivity index (χ0n) is 20.1. The van der Waals surface area contributed by atoms with Crippen molar-refractivity contribution < 1.29 is 19.1 Å². The van der Waals surface area contributed by atoms with E-state index in [9.17, 15) is 9.59 Å². The Kier molecular flexibility index (Phi) is 5.64. The highest BCUT2D eigenvalue weighted by Crippen LogP contribution is 2.43. The third-order valence-electron chi connectivity index (χ3n) is 7.02. The van der Waals surface area contributed by atoms with Gasteiger partial charge >= 0.3 is 5.97 Å². The van der Waals surface area contributed by atoms with Gasteiger partial charge < -0.3 is 20.1 Å². The van der Waals surface area contributed by atoms with Crippen LogP contribution in [0.3, 0.4) is 0 Å². The lowest BCUT2D eigenvalue weighted by atomic mass is 9.88. The van der Waals surface area contributed by atoms with E-state index in [0.29, 0.717) is 23.0 Å². The van der Waals surface area contributed by atoms with E-state index in [1.807, 2.05) is 42.5 Å². The number of hydrogen-bond donors (Lipinski definition) is 2. The fourth-order valence-electron chi connectivity index (χ4n) is 5.14. The molecule has 2 atom stereocenters. The number of amides is 1. The smallest absolute Gasteiger partial charge is 0.344 e. The zero-order valence-corrected chi connectivity index (χ0v) is 20.9. The van der Waals surface area contributed by atoms with Crippen LogP contribution in [0.15, 0.2) is 60.7 Å². The highest BCUT2D eigenvalue weighted by molar-refractivity contribution is 7.16. The number of anilines is 1. The standard InChI is InChI=1S/C29H26N2O4S/c1-16-10-12-21-24(14-16)36-28-25(21)27(32)30-26(31-28)18-11-13-22(23(15-18)34-2)35-29(33)20-9-5-7-17-6-3-4-8-19(17)20/h3-9,11,13,15-16,26,31H,10,12,14H2,1-2H3,(H,30,32)/t16-,26-/m0/s1. The first-order valence-corrected chi connectivity index (χ1v) is 12.9. The van der Waals surface area contributed by atoms with Crippen molar-refractivity contribution in [2.75, 3.05) is 12.4 Å². The summed E-state index contributed by atoms with van der Waals surface area (Å²) >= 11 is 1.69. The Bertz CT molecular complexity index is 1500. The maximum Gasteiger partial charge on any atom is 0.344 e. The lowest BCUT2D eigenvalue weighted by Gasteiger charge is -2.27. The lowest BCUT2D eigenvalue weighted by Crippen LogP contribution is -2.38. The Hall–Kier alpha value is -3.84. The molecule has 3 aromatic carbocycles. The molecule has 2 heterocycles. The second-order valence-electron chi connectivity index (χ2n) is 9.43. The molecule has 0 bridgehead atoms. The molecule has 0 spiro atoms. The van der Waals surface area contributed by atoms with Gasteiger partial charge in [-0.3, -0.25) is 4.79 Å². The highest BCUT2D eigenvalue weighted by Gasteiger charge is 2.33. The van der Waals surface area contributed by atoms with Gasteiger partial charge in [-0.15, -0.1) is 11.3 Å². The van der Waals surface area contributed by atoms with Gasteiger partial charge in [-0.05, 0) is 65.3 Å². The first kappa shape index (κ1) is 22.6. The number of benzene rings is 3. The molecule has 0 fully saturated rings. The summed E-state index contributed by atoms with van der Waals surface area (Å²) in [6.07, 6.45) is 2.69. The normalized spacial score (nSPS) is 18.6. The molecule has 0 radical (unpaired) electrons. The SMILES string of the molecule is COc1cc([C@H]2NC(=O)c3c(sc4c3CC[C@H](C)C4)N2)ccc1OC(=O)c1cccc2ccccc12. The molecule has 4 aromatic rings. The number of fused-ring (bicyclic) bond motifs is 4. The van der Waals surface area contributed by atoms with Crippen LogP contribution < -0.4 is 20.1 Å².